The summed E-state index contributed by atoms with van der Waals surface area (Å²) >= 11 is 0. The Bertz CT molecular complexity index is 294. The Kier molecular flexibility index (Phi) is 2.47. The van der Waals surface area contributed by atoms with Crippen LogP contribution in [-0.4, -0.2) is 29.3 Å². The predicted molar refractivity (Wildman–Crippen MR) is 38.8 cm³/mol. The summed E-state index contributed by atoms with van der Waals surface area (Å²) in [5, 5.41) is 0. The highest BCUT2D eigenvalue weighted by molar-refractivity contribution is 5.88. The quantitative estimate of drug-likeness (QED) is 0.459. The number of hydrogen-bond donors (Lipinski definition) is 0. The molecule has 0 unspecified atom stereocenters. The zero-order valence-corrected chi connectivity index (χ0v) is 6.35. The lowest BCUT2D eigenvalue weighted by molar-refractivity contribution is 0.0599. The smallest absolute Gasteiger partial charge is 0.341 e. The first-order valence-electron chi connectivity index (χ1n) is 3.13. The summed E-state index contributed by atoms with van der Waals surface area (Å²) in [5.41, 5.74) is 0.225. The Morgan fingerprint density at radius 2 is 2.08 bits per heavy atom. The summed E-state index contributed by atoms with van der Waals surface area (Å²) in [4.78, 5) is 28.1. The van der Waals surface area contributed by atoms with E-state index in [1.807, 2.05) is 0 Å². The van der Waals surface area contributed by atoms with Crippen LogP contribution in [0.15, 0.2) is 12.4 Å². The first-order valence-corrected chi connectivity index (χ1v) is 3.13. The molecule has 12 heavy (non-hydrogen) atoms. The van der Waals surface area contributed by atoms with Crippen LogP contribution in [0.1, 0.15) is 21.0 Å². The summed E-state index contributed by atoms with van der Waals surface area (Å²) in [5.74, 6) is -0.477. The number of aldehydes is 1. The normalized spacial score (nSPS) is 9.08. The number of hydrogen-bond acceptors (Lipinski definition) is 5. The van der Waals surface area contributed by atoms with E-state index in [1.54, 1.807) is 0 Å². The molecule has 0 spiro atoms. The van der Waals surface area contributed by atoms with Gasteiger partial charge in [0.15, 0.2) is 12.1 Å². The average molecular weight is 166 g/mol. The summed E-state index contributed by atoms with van der Waals surface area (Å²) in [6.07, 6.45) is 2.98. The highest BCUT2D eigenvalue weighted by atomic mass is 16.5. The third-order valence-electron chi connectivity index (χ3n) is 1.20. The topological polar surface area (TPSA) is 69.2 Å². The van der Waals surface area contributed by atoms with Gasteiger partial charge >= 0.3 is 5.97 Å². The minimum atomic E-state index is -0.521. The summed E-state index contributed by atoms with van der Waals surface area (Å²) < 4.78 is 4.40. The van der Waals surface area contributed by atoms with Gasteiger partial charge < -0.3 is 4.74 Å². The monoisotopic (exact) mass is 166 g/mol. The maximum absolute atomic E-state index is 10.8. The maximum Gasteiger partial charge on any atom is 0.341 e. The van der Waals surface area contributed by atoms with Crippen LogP contribution >= 0.6 is 0 Å². The van der Waals surface area contributed by atoms with E-state index in [0.29, 0.717) is 6.29 Å². The van der Waals surface area contributed by atoms with Gasteiger partial charge in [0.05, 0.1) is 12.7 Å². The molecule has 0 aliphatic rings. The van der Waals surface area contributed by atoms with Crippen LogP contribution < -0.4 is 0 Å². The van der Waals surface area contributed by atoms with Gasteiger partial charge in [0.1, 0.15) is 0 Å². The van der Waals surface area contributed by atoms with Crippen LogP contribution in [0, 0.1) is 0 Å². The first kappa shape index (κ1) is 8.32. The van der Waals surface area contributed by atoms with Crippen molar-refractivity contribution in [1.29, 1.82) is 0 Å². The molecule has 0 aromatic carbocycles. The molecule has 0 amide bonds. The highest BCUT2D eigenvalue weighted by Gasteiger charge is 2.05. The number of rotatable bonds is 2. The molecule has 0 saturated carbocycles. The van der Waals surface area contributed by atoms with E-state index in [1.165, 1.54) is 19.5 Å². The van der Waals surface area contributed by atoms with E-state index in [9.17, 15) is 9.59 Å². The molecule has 5 heteroatoms. The standard InChI is InChI=1S/C7H6N2O3/c1-12-7(11)5-2-8-6(4-10)9-3-5/h2-4H,1H3. The van der Waals surface area contributed by atoms with Crippen LogP contribution in [-0.2, 0) is 4.74 Å². The number of carbonyl (C=O) groups excluding carboxylic acids is 2. The highest BCUT2D eigenvalue weighted by Crippen LogP contribution is 1.96. The van der Waals surface area contributed by atoms with E-state index in [2.05, 4.69) is 14.7 Å². The molecular weight excluding hydrogens is 160 g/mol. The zero-order chi connectivity index (χ0) is 8.97. The summed E-state index contributed by atoms with van der Waals surface area (Å²) in [6, 6.07) is 0. The van der Waals surface area contributed by atoms with Crippen LogP contribution in [0.3, 0.4) is 0 Å². The molecule has 0 saturated heterocycles. The van der Waals surface area contributed by atoms with Crippen molar-refractivity contribution in [2.45, 2.75) is 0 Å². The van der Waals surface area contributed by atoms with Gasteiger partial charge in [0.25, 0.3) is 0 Å². The lowest BCUT2D eigenvalue weighted by Crippen LogP contribution is -2.04. The lowest BCUT2D eigenvalue weighted by Gasteiger charge is -1.96. The van der Waals surface area contributed by atoms with Gasteiger partial charge in [-0.3, -0.25) is 4.79 Å². The van der Waals surface area contributed by atoms with Crippen molar-refractivity contribution in [2.75, 3.05) is 7.11 Å². The van der Waals surface area contributed by atoms with Crippen molar-refractivity contribution < 1.29 is 14.3 Å². The molecule has 1 aromatic heterocycles. The van der Waals surface area contributed by atoms with Gasteiger partial charge in [-0.25, -0.2) is 14.8 Å². The molecule has 1 aromatic rings. The third-order valence-corrected chi connectivity index (χ3v) is 1.20. The van der Waals surface area contributed by atoms with Gasteiger partial charge in [0.2, 0.25) is 0 Å². The molecule has 0 aliphatic heterocycles. The Morgan fingerprint density at radius 3 is 2.50 bits per heavy atom. The lowest BCUT2D eigenvalue weighted by atomic mass is 10.3. The van der Waals surface area contributed by atoms with Crippen molar-refractivity contribution >= 4 is 12.3 Å². The number of carbonyl (C=O) groups is 2. The zero-order valence-electron chi connectivity index (χ0n) is 6.35. The summed E-state index contributed by atoms with van der Waals surface area (Å²) in [7, 11) is 1.26. The van der Waals surface area contributed by atoms with Crippen molar-refractivity contribution in [3.05, 3.63) is 23.8 Å². The van der Waals surface area contributed by atoms with Crippen molar-refractivity contribution in [2.24, 2.45) is 0 Å². The maximum atomic E-state index is 10.8. The fourth-order valence-electron chi connectivity index (χ4n) is 0.622. The van der Waals surface area contributed by atoms with Gasteiger partial charge in [-0.05, 0) is 0 Å². The SMILES string of the molecule is COC(=O)c1cnc(C=O)nc1. The Balaban J connectivity index is 2.91. The molecule has 0 radical (unpaired) electrons. The number of aromatic nitrogens is 2. The second kappa shape index (κ2) is 3.56. The molecular formula is C7H6N2O3. The molecule has 0 N–H and O–H groups in total. The van der Waals surface area contributed by atoms with E-state index >= 15 is 0 Å². The second-order valence-electron chi connectivity index (χ2n) is 1.94. The van der Waals surface area contributed by atoms with Crippen LogP contribution in [0.2, 0.25) is 0 Å². The van der Waals surface area contributed by atoms with Crippen molar-refractivity contribution in [3.8, 4) is 0 Å². The number of methoxy groups -OCH3 is 1. The van der Waals surface area contributed by atoms with Crippen LogP contribution in [0.5, 0.6) is 0 Å². The Hall–Kier alpha value is -1.78. The summed E-state index contributed by atoms with van der Waals surface area (Å²) in [6.45, 7) is 0. The number of ether oxygens (including phenoxy) is 1. The Morgan fingerprint density at radius 1 is 1.50 bits per heavy atom. The van der Waals surface area contributed by atoms with Gasteiger partial charge in [-0.15, -0.1) is 0 Å². The molecule has 1 rings (SSSR count). The van der Waals surface area contributed by atoms with Crippen LogP contribution in [0.4, 0.5) is 0 Å². The molecule has 0 fully saturated rings. The third kappa shape index (κ3) is 1.63. The number of nitrogens with zero attached hydrogens (tertiary/aromatic N) is 2. The molecule has 1 heterocycles. The second-order valence-corrected chi connectivity index (χ2v) is 1.94. The van der Waals surface area contributed by atoms with Crippen molar-refractivity contribution in [3.63, 3.8) is 0 Å². The molecule has 0 atom stereocenters. The predicted octanol–water partition coefficient (Wildman–Crippen LogP) is 0.0757. The van der Waals surface area contributed by atoms with Crippen molar-refractivity contribution in [1.82, 2.24) is 9.97 Å². The van der Waals surface area contributed by atoms with E-state index in [-0.39, 0.29) is 11.4 Å². The number of esters is 1. The molecule has 0 aliphatic carbocycles. The molecule has 0 bridgehead atoms. The molecule has 5 nitrogen and oxygen atoms in total. The van der Waals surface area contributed by atoms with E-state index in [4.69, 9.17) is 0 Å². The van der Waals surface area contributed by atoms with Gasteiger partial charge in [0, 0.05) is 12.4 Å². The minimum Gasteiger partial charge on any atom is -0.465 e. The first-order chi connectivity index (χ1) is 5.77. The fourth-order valence-corrected chi connectivity index (χ4v) is 0.622. The van der Waals surface area contributed by atoms with E-state index in [0.717, 1.165) is 0 Å². The fraction of sp³-hybridized carbons (Fsp3) is 0.143. The minimum absolute atomic E-state index is 0.0441. The van der Waals surface area contributed by atoms with E-state index < -0.39 is 5.97 Å². The molecule has 62 valence electrons. The average Bonchev–Trinajstić information content (AvgIpc) is 2.17. The van der Waals surface area contributed by atoms with Gasteiger partial charge in [-0.1, -0.05) is 0 Å². The largest absolute Gasteiger partial charge is 0.465 e. The Labute approximate surface area is 68.4 Å². The van der Waals surface area contributed by atoms with Gasteiger partial charge in [-0.2, -0.15) is 0 Å². The van der Waals surface area contributed by atoms with Crippen LogP contribution in [0.25, 0.3) is 0 Å².